The predicted molar refractivity (Wildman–Crippen MR) is 108 cm³/mol. The summed E-state index contributed by atoms with van der Waals surface area (Å²) in [5.41, 5.74) is 2.64. The van der Waals surface area contributed by atoms with Gasteiger partial charge in [-0.1, -0.05) is 83.9 Å². The fraction of sp³-hybridized carbons (Fsp3) is 0. The summed E-state index contributed by atoms with van der Waals surface area (Å²) in [7, 11) is -0.00529. The minimum absolute atomic E-state index is 0. The van der Waals surface area contributed by atoms with Gasteiger partial charge in [0.1, 0.15) is 0 Å². The summed E-state index contributed by atoms with van der Waals surface area (Å²) in [6.07, 6.45) is 0. The van der Waals surface area contributed by atoms with E-state index in [-0.39, 0.29) is 33.0 Å². The standard InChI is InChI=1S/C19H13Cl2OP.Li.H/c20-16-7-4-8-17(21)18(16)19(22)23-15-11-9-14(10-12-15)13-5-2-1-3-6-13;;/h1-12,23H;;. The van der Waals surface area contributed by atoms with Gasteiger partial charge in [0.15, 0.2) is 5.52 Å². The van der Waals surface area contributed by atoms with Crippen LogP contribution in [0.15, 0.2) is 72.8 Å². The molecule has 0 saturated heterocycles. The first-order chi connectivity index (χ1) is 11.1. The molecule has 3 rings (SSSR count). The van der Waals surface area contributed by atoms with E-state index in [1.807, 2.05) is 42.5 Å². The number of hydrogen-bond donors (Lipinski definition) is 0. The molecule has 116 valence electrons. The van der Waals surface area contributed by atoms with Gasteiger partial charge in [-0.2, -0.15) is 0 Å². The van der Waals surface area contributed by atoms with Crippen molar-refractivity contribution in [2.45, 2.75) is 0 Å². The molecule has 24 heavy (non-hydrogen) atoms. The van der Waals surface area contributed by atoms with E-state index in [4.69, 9.17) is 23.2 Å². The molecule has 0 fully saturated rings. The van der Waals surface area contributed by atoms with Crippen LogP contribution in [-0.4, -0.2) is 24.4 Å². The van der Waals surface area contributed by atoms with Crippen LogP contribution in [0.2, 0.25) is 10.0 Å². The average Bonchev–Trinajstić information content (AvgIpc) is 2.56. The SMILES string of the molecule is O=C(Pc1ccc(-c2ccccc2)cc1)c1c(Cl)cccc1Cl.[LiH]. The summed E-state index contributed by atoms with van der Waals surface area (Å²) >= 11 is 12.2. The molecule has 0 radical (unpaired) electrons. The van der Waals surface area contributed by atoms with E-state index in [2.05, 4.69) is 12.1 Å². The van der Waals surface area contributed by atoms with Crippen molar-refractivity contribution < 1.29 is 4.79 Å². The Morgan fingerprint density at radius 3 is 1.83 bits per heavy atom. The van der Waals surface area contributed by atoms with E-state index in [9.17, 15) is 4.79 Å². The molecule has 5 heteroatoms. The van der Waals surface area contributed by atoms with Crippen molar-refractivity contribution >= 4 is 61.5 Å². The molecule has 1 unspecified atom stereocenters. The maximum absolute atomic E-state index is 12.5. The van der Waals surface area contributed by atoms with Gasteiger partial charge in [0.05, 0.1) is 15.6 Å². The van der Waals surface area contributed by atoms with Crippen LogP contribution in [0.4, 0.5) is 0 Å². The Labute approximate surface area is 165 Å². The first-order valence-corrected chi connectivity index (χ1v) is 8.81. The van der Waals surface area contributed by atoms with Gasteiger partial charge >= 0.3 is 18.9 Å². The van der Waals surface area contributed by atoms with Crippen molar-refractivity contribution in [3.8, 4) is 11.1 Å². The summed E-state index contributed by atoms with van der Waals surface area (Å²) < 4.78 is 0. The second-order valence-electron chi connectivity index (χ2n) is 4.99. The van der Waals surface area contributed by atoms with Crippen LogP contribution in [0.5, 0.6) is 0 Å². The van der Waals surface area contributed by atoms with Gasteiger partial charge in [0.25, 0.3) is 0 Å². The Hall–Kier alpha value is -1.06. The molecule has 1 atom stereocenters. The zero-order chi connectivity index (χ0) is 16.2. The molecule has 0 aliphatic rings. The molecular formula is C19H14Cl2LiOP. The van der Waals surface area contributed by atoms with Crippen LogP contribution in [-0.2, 0) is 0 Å². The number of carbonyl (C=O) groups is 1. The van der Waals surface area contributed by atoms with Crippen molar-refractivity contribution in [2.24, 2.45) is 0 Å². The molecule has 0 aliphatic carbocycles. The third-order valence-electron chi connectivity index (χ3n) is 3.44. The molecule has 0 aliphatic heterocycles. The summed E-state index contributed by atoms with van der Waals surface area (Å²) in [5.74, 6) is 0. The molecular weight excluding hydrogens is 353 g/mol. The van der Waals surface area contributed by atoms with E-state index in [1.54, 1.807) is 18.2 Å². The molecule has 0 saturated carbocycles. The van der Waals surface area contributed by atoms with Crippen LogP contribution >= 0.6 is 31.8 Å². The number of rotatable bonds is 4. The Bertz CT molecular complexity index is 815. The summed E-state index contributed by atoms with van der Waals surface area (Å²) in [6.45, 7) is 0. The van der Waals surface area contributed by atoms with Crippen molar-refractivity contribution in [1.29, 1.82) is 0 Å². The Morgan fingerprint density at radius 2 is 1.25 bits per heavy atom. The van der Waals surface area contributed by atoms with Crippen molar-refractivity contribution in [1.82, 2.24) is 0 Å². The average molecular weight is 367 g/mol. The summed E-state index contributed by atoms with van der Waals surface area (Å²) in [5, 5.41) is 1.76. The van der Waals surface area contributed by atoms with Crippen LogP contribution in [0.3, 0.4) is 0 Å². The van der Waals surface area contributed by atoms with Gasteiger partial charge in [-0.05, 0) is 37.1 Å². The Balaban J connectivity index is 0.00000208. The monoisotopic (exact) mass is 366 g/mol. The topological polar surface area (TPSA) is 17.1 Å². The van der Waals surface area contributed by atoms with Crippen molar-refractivity contribution in [3.05, 3.63) is 88.4 Å². The second-order valence-corrected chi connectivity index (χ2v) is 7.09. The molecule has 0 spiro atoms. The van der Waals surface area contributed by atoms with E-state index < -0.39 is 0 Å². The normalized spacial score (nSPS) is 10.6. The Kier molecular flexibility index (Phi) is 7.12. The molecule has 0 heterocycles. The van der Waals surface area contributed by atoms with Crippen LogP contribution < -0.4 is 5.30 Å². The number of halogens is 2. The van der Waals surface area contributed by atoms with Gasteiger partial charge in [0, 0.05) is 0 Å². The van der Waals surface area contributed by atoms with Gasteiger partial charge < -0.3 is 0 Å². The molecule has 3 aromatic rings. The minimum atomic E-state index is -0.0481. The summed E-state index contributed by atoms with van der Waals surface area (Å²) in [6, 6.07) is 23.2. The maximum atomic E-state index is 12.5. The molecule has 3 aromatic carbocycles. The fourth-order valence-electron chi connectivity index (χ4n) is 2.28. The number of benzene rings is 3. The number of hydrogen-bond acceptors (Lipinski definition) is 1. The fourth-order valence-corrected chi connectivity index (χ4v) is 4.00. The zero-order valence-corrected chi connectivity index (χ0v) is 14.6. The molecule has 1 nitrogen and oxygen atoms in total. The van der Waals surface area contributed by atoms with E-state index in [1.165, 1.54) is 0 Å². The first-order valence-electron chi connectivity index (χ1n) is 7.06. The quantitative estimate of drug-likeness (QED) is 0.460. The van der Waals surface area contributed by atoms with Crippen LogP contribution in [0.25, 0.3) is 11.1 Å². The van der Waals surface area contributed by atoms with Gasteiger partial charge in [0.2, 0.25) is 0 Å². The molecule has 0 amide bonds. The van der Waals surface area contributed by atoms with Gasteiger partial charge in [-0.25, -0.2) is 0 Å². The van der Waals surface area contributed by atoms with E-state index in [0.717, 1.165) is 16.4 Å². The molecule has 0 aromatic heterocycles. The van der Waals surface area contributed by atoms with Crippen LogP contribution in [0, 0.1) is 0 Å². The predicted octanol–water partition coefficient (Wildman–Crippen LogP) is 5.16. The van der Waals surface area contributed by atoms with Gasteiger partial charge in [-0.15, -0.1) is 0 Å². The molecule has 0 N–H and O–H groups in total. The third-order valence-corrected chi connectivity index (χ3v) is 5.17. The van der Waals surface area contributed by atoms with Crippen LogP contribution in [0.1, 0.15) is 10.4 Å². The third kappa shape index (κ3) is 4.51. The first kappa shape index (κ1) is 19.3. The van der Waals surface area contributed by atoms with E-state index >= 15 is 0 Å². The van der Waals surface area contributed by atoms with Gasteiger partial charge in [-0.3, -0.25) is 4.79 Å². The van der Waals surface area contributed by atoms with Crippen molar-refractivity contribution in [2.75, 3.05) is 0 Å². The second kappa shape index (κ2) is 8.86. The number of carbonyl (C=O) groups excluding carboxylic acids is 1. The molecule has 0 bridgehead atoms. The van der Waals surface area contributed by atoms with E-state index in [0.29, 0.717) is 15.6 Å². The zero-order valence-electron chi connectivity index (χ0n) is 12.1. The summed E-state index contributed by atoms with van der Waals surface area (Å²) in [4.78, 5) is 12.5. The Morgan fingerprint density at radius 1 is 0.708 bits per heavy atom. The van der Waals surface area contributed by atoms with Crippen molar-refractivity contribution in [3.63, 3.8) is 0 Å².